The Bertz CT molecular complexity index is 1080. The molecule has 0 saturated carbocycles. The van der Waals surface area contributed by atoms with Crippen molar-refractivity contribution in [3.63, 3.8) is 0 Å². The minimum atomic E-state index is -0.0927. The first-order valence-electron chi connectivity index (χ1n) is 9.57. The molecular formula is C21H20N6O2. The minimum absolute atomic E-state index is 0.0474. The normalized spacial score (nSPS) is 15.5. The van der Waals surface area contributed by atoms with E-state index in [1.807, 2.05) is 30.3 Å². The van der Waals surface area contributed by atoms with E-state index in [1.54, 1.807) is 28.3 Å². The summed E-state index contributed by atoms with van der Waals surface area (Å²) in [5, 5.41) is 10.1. The third-order valence-electron chi connectivity index (χ3n) is 5.38. The Balaban J connectivity index is 1.43. The lowest BCUT2D eigenvalue weighted by Gasteiger charge is -2.31. The lowest BCUT2D eigenvalue weighted by molar-refractivity contribution is -0.117. The quantitative estimate of drug-likeness (QED) is 0.715. The second-order valence-corrected chi connectivity index (χ2v) is 7.26. The van der Waals surface area contributed by atoms with Crippen molar-refractivity contribution in [1.82, 2.24) is 20.1 Å². The minimum Gasteiger partial charge on any atom is -0.359 e. The highest BCUT2D eigenvalue weighted by Gasteiger charge is 2.28. The van der Waals surface area contributed by atoms with Gasteiger partial charge in [0.15, 0.2) is 5.82 Å². The van der Waals surface area contributed by atoms with Crippen LogP contribution in [0.15, 0.2) is 48.8 Å². The van der Waals surface area contributed by atoms with Crippen LogP contribution in [-0.4, -0.2) is 45.0 Å². The fourth-order valence-corrected chi connectivity index (χ4v) is 3.82. The van der Waals surface area contributed by atoms with Crippen molar-refractivity contribution >= 4 is 23.3 Å². The van der Waals surface area contributed by atoms with E-state index in [1.165, 1.54) is 0 Å². The Morgan fingerprint density at radius 3 is 2.90 bits per heavy atom. The van der Waals surface area contributed by atoms with Crippen LogP contribution in [0, 0.1) is 0 Å². The van der Waals surface area contributed by atoms with Gasteiger partial charge in [-0.2, -0.15) is 5.10 Å². The summed E-state index contributed by atoms with van der Waals surface area (Å²) < 4.78 is 0. The number of nitrogens with one attached hydrogen (secondary N) is 2. The van der Waals surface area contributed by atoms with Gasteiger partial charge in [0, 0.05) is 37.0 Å². The first-order valence-corrected chi connectivity index (χ1v) is 9.57. The van der Waals surface area contributed by atoms with Crippen LogP contribution in [-0.2, 0) is 24.3 Å². The number of hydrogen-bond acceptors (Lipinski definition) is 5. The van der Waals surface area contributed by atoms with Crippen LogP contribution in [0.1, 0.15) is 27.2 Å². The van der Waals surface area contributed by atoms with Gasteiger partial charge in [-0.15, -0.1) is 0 Å². The first-order chi connectivity index (χ1) is 14.2. The van der Waals surface area contributed by atoms with Gasteiger partial charge >= 0.3 is 0 Å². The van der Waals surface area contributed by atoms with Crippen molar-refractivity contribution in [2.45, 2.75) is 19.5 Å². The number of carbonyl (C=O) groups excluding carboxylic acids is 2. The molecule has 8 heteroatoms. The van der Waals surface area contributed by atoms with Gasteiger partial charge in [-0.3, -0.25) is 14.7 Å². The summed E-state index contributed by atoms with van der Waals surface area (Å²) in [6.07, 6.45) is 4.10. The van der Waals surface area contributed by atoms with Crippen molar-refractivity contribution in [3.8, 4) is 0 Å². The van der Waals surface area contributed by atoms with Gasteiger partial charge in [0.05, 0.1) is 30.5 Å². The van der Waals surface area contributed by atoms with E-state index in [2.05, 4.69) is 20.5 Å². The average molecular weight is 388 g/mol. The summed E-state index contributed by atoms with van der Waals surface area (Å²) in [5.74, 6) is 0.478. The van der Waals surface area contributed by atoms with Crippen LogP contribution in [0.5, 0.6) is 0 Å². The molecule has 0 bridgehead atoms. The van der Waals surface area contributed by atoms with Crippen LogP contribution < -0.4 is 10.2 Å². The lowest BCUT2D eigenvalue weighted by Crippen LogP contribution is -2.40. The number of nitrogens with zero attached hydrogens (tertiary/aromatic N) is 4. The molecule has 0 spiro atoms. The Morgan fingerprint density at radius 2 is 2.03 bits per heavy atom. The number of aromatic amines is 1. The van der Waals surface area contributed by atoms with E-state index in [4.69, 9.17) is 0 Å². The van der Waals surface area contributed by atoms with E-state index in [-0.39, 0.29) is 18.4 Å². The molecule has 0 radical (unpaired) electrons. The molecule has 2 aliphatic heterocycles. The maximum atomic E-state index is 13.1. The molecule has 2 aromatic heterocycles. The topological polar surface area (TPSA) is 94.2 Å². The van der Waals surface area contributed by atoms with Gasteiger partial charge in [-0.25, -0.2) is 4.98 Å². The summed E-state index contributed by atoms with van der Waals surface area (Å²) in [5.41, 5.74) is 4.26. The molecule has 2 N–H and O–H groups in total. The number of aromatic nitrogens is 3. The first kappa shape index (κ1) is 17.4. The predicted molar refractivity (Wildman–Crippen MR) is 107 cm³/mol. The molecule has 146 valence electrons. The van der Waals surface area contributed by atoms with Crippen molar-refractivity contribution in [2.24, 2.45) is 0 Å². The molecular weight excluding hydrogens is 368 g/mol. The number of fused-ring (bicyclic) bond motifs is 2. The molecule has 29 heavy (non-hydrogen) atoms. The SMILES string of the molecule is O=C(c1cnc2c(c1)N(Cc1ccccc1)C(=O)CN2)N1CCc2[nH]ncc2C1. The van der Waals surface area contributed by atoms with Gasteiger partial charge in [-0.1, -0.05) is 30.3 Å². The maximum absolute atomic E-state index is 13.1. The number of H-pyrrole nitrogens is 1. The standard InChI is InChI=1S/C21H20N6O2/c28-19-11-23-20-18(27(19)12-14-4-2-1-3-5-14)8-15(9-22-20)21(29)26-7-6-17-16(13-26)10-24-25-17/h1-5,8-10H,6-7,11-13H2,(H,22,23)(H,24,25). The van der Waals surface area contributed by atoms with Crippen LogP contribution in [0.3, 0.4) is 0 Å². The van der Waals surface area contributed by atoms with Crippen LogP contribution in [0.4, 0.5) is 11.5 Å². The average Bonchev–Trinajstić information content (AvgIpc) is 3.23. The second kappa shape index (κ2) is 7.05. The van der Waals surface area contributed by atoms with Crippen molar-refractivity contribution in [1.29, 1.82) is 0 Å². The zero-order chi connectivity index (χ0) is 19.8. The van der Waals surface area contributed by atoms with Gasteiger partial charge < -0.3 is 15.1 Å². The predicted octanol–water partition coefficient (Wildman–Crippen LogP) is 1.96. The number of hydrogen-bond donors (Lipinski definition) is 2. The molecule has 4 heterocycles. The molecule has 0 fully saturated rings. The van der Waals surface area contributed by atoms with Crippen molar-refractivity contribution in [3.05, 3.63) is 71.2 Å². The van der Waals surface area contributed by atoms with E-state index in [0.717, 1.165) is 23.2 Å². The molecule has 2 aliphatic rings. The summed E-state index contributed by atoms with van der Waals surface area (Å²) >= 11 is 0. The molecule has 0 atom stereocenters. The highest BCUT2D eigenvalue weighted by molar-refractivity contribution is 6.04. The zero-order valence-corrected chi connectivity index (χ0v) is 15.8. The van der Waals surface area contributed by atoms with Crippen molar-refractivity contribution in [2.75, 3.05) is 23.3 Å². The highest BCUT2D eigenvalue weighted by atomic mass is 16.2. The Hall–Kier alpha value is -3.68. The van der Waals surface area contributed by atoms with Gasteiger partial charge in [0.25, 0.3) is 5.91 Å². The Kier molecular flexibility index (Phi) is 4.23. The van der Waals surface area contributed by atoms with E-state index in [9.17, 15) is 9.59 Å². The Morgan fingerprint density at radius 1 is 1.17 bits per heavy atom. The fourth-order valence-electron chi connectivity index (χ4n) is 3.82. The molecule has 5 rings (SSSR count). The van der Waals surface area contributed by atoms with Gasteiger partial charge in [0.1, 0.15) is 0 Å². The maximum Gasteiger partial charge on any atom is 0.255 e. The van der Waals surface area contributed by atoms with Crippen LogP contribution in [0.25, 0.3) is 0 Å². The fraction of sp³-hybridized carbons (Fsp3) is 0.238. The highest BCUT2D eigenvalue weighted by Crippen LogP contribution is 2.30. The largest absolute Gasteiger partial charge is 0.359 e. The van der Waals surface area contributed by atoms with Gasteiger partial charge in [0.2, 0.25) is 5.91 Å². The zero-order valence-electron chi connectivity index (χ0n) is 15.8. The van der Waals surface area contributed by atoms with Crippen LogP contribution >= 0.6 is 0 Å². The number of carbonyl (C=O) groups is 2. The molecule has 0 unspecified atom stereocenters. The van der Waals surface area contributed by atoms with Crippen molar-refractivity contribution < 1.29 is 9.59 Å². The second-order valence-electron chi connectivity index (χ2n) is 7.26. The van der Waals surface area contributed by atoms with E-state index < -0.39 is 0 Å². The number of pyridine rings is 1. The number of rotatable bonds is 3. The third kappa shape index (κ3) is 3.22. The molecule has 8 nitrogen and oxygen atoms in total. The number of amides is 2. The molecule has 0 aliphatic carbocycles. The number of benzene rings is 1. The Labute approximate surface area is 167 Å². The molecule has 2 amide bonds. The smallest absolute Gasteiger partial charge is 0.255 e. The van der Waals surface area contributed by atoms with Crippen LogP contribution in [0.2, 0.25) is 0 Å². The third-order valence-corrected chi connectivity index (χ3v) is 5.38. The summed E-state index contributed by atoms with van der Waals surface area (Å²) in [6.45, 7) is 1.77. The van der Waals surface area contributed by atoms with E-state index in [0.29, 0.717) is 36.7 Å². The van der Waals surface area contributed by atoms with Gasteiger partial charge in [-0.05, 0) is 11.6 Å². The monoisotopic (exact) mass is 388 g/mol. The summed E-state index contributed by atoms with van der Waals surface area (Å²) in [7, 11) is 0. The van der Waals surface area contributed by atoms with E-state index >= 15 is 0 Å². The number of anilines is 2. The lowest BCUT2D eigenvalue weighted by atomic mass is 10.1. The summed E-state index contributed by atoms with van der Waals surface area (Å²) in [6, 6.07) is 11.6. The molecule has 1 aromatic carbocycles. The molecule has 0 saturated heterocycles. The summed E-state index contributed by atoms with van der Waals surface area (Å²) in [4.78, 5) is 33.6. The molecule has 3 aromatic rings.